The predicted molar refractivity (Wildman–Crippen MR) is 62.1 cm³/mol. The molecule has 0 aliphatic heterocycles. The Morgan fingerprint density at radius 3 is 3.00 bits per heavy atom. The number of carboxylic acids is 1. The number of nitrogens with two attached hydrogens (primary N) is 1. The van der Waals surface area contributed by atoms with E-state index in [1.807, 2.05) is 30.5 Å². The molecule has 1 unspecified atom stereocenters. The summed E-state index contributed by atoms with van der Waals surface area (Å²) >= 11 is 0. The van der Waals surface area contributed by atoms with Gasteiger partial charge in [0.15, 0.2) is 0 Å². The highest BCUT2D eigenvalue weighted by Gasteiger charge is 2.11. The van der Waals surface area contributed by atoms with Crippen molar-refractivity contribution in [2.24, 2.45) is 5.73 Å². The smallest absolute Gasteiger partial charge is 0.303 e. The average molecular weight is 218 g/mol. The van der Waals surface area contributed by atoms with Gasteiger partial charge < -0.3 is 15.8 Å². The van der Waals surface area contributed by atoms with Crippen LogP contribution >= 0.6 is 0 Å². The molecule has 0 aliphatic carbocycles. The molecule has 0 spiro atoms. The summed E-state index contributed by atoms with van der Waals surface area (Å²) in [7, 11) is 0. The lowest BCUT2D eigenvalue weighted by Crippen LogP contribution is -2.12. The molecule has 0 radical (unpaired) electrons. The Morgan fingerprint density at radius 2 is 2.25 bits per heavy atom. The number of hydrogen-bond donors (Lipinski definition) is 3. The minimum atomic E-state index is -0.811. The van der Waals surface area contributed by atoms with E-state index >= 15 is 0 Å². The van der Waals surface area contributed by atoms with Crippen molar-refractivity contribution < 1.29 is 9.90 Å². The maximum absolute atomic E-state index is 10.5. The Morgan fingerprint density at radius 1 is 1.44 bits per heavy atom. The zero-order chi connectivity index (χ0) is 11.5. The number of H-pyrrole nitrogens is 1. The Hall–Kier alpha value is -1.81. The summed E-state index contributed by atoms with van der Waals surface area (Å²) < 4.78 is 0. The molecule has 1 aromatic heterocycles. The topological polar surface area (TPSA) is 79.1 Å². The summed E-state index contributed by atoms with van der Waals surface area (Å²) in [6, 6.07) is 7.61. The third-order valence-corrected chi connectivity index (χ3v) is 2.69. The molecular weight excluding hydrogens is 204 g/mol. The van der Waals surface area contributed by atoms with E-state index in [1.54, 1.807) is 0 Å². The third-order valence-electron chi connectivity index (χ3n) is 2.69. The van der Waals surface area contributed by atoms with E-state index in [0.29, 0.717) is 6.42 Å². The number of carbonyl (C=O) groups is 1. The molecule has 0 saturated heterocycles. The van der Waals surface area contributed by atoms with Crippen LogP contribution in [0.15, 0.2) is 30.5 Å². The molecule has 0 fully saturated rings. The molecule has 16 heavy (non-hydrogen) atoms. The molecule has 2 aromatic rings. The molecule has 84 valence electrons. The number of carboxylic acid groups (broad SMARTS) is 1. The fourth-order valence-electron chi connectivity index (χ4n) is 1.85. The first-order valence-electron chi connectivity index (χ1n) is 5.22. The van der Waals surface area contributed by atoms with Gasteiger partial charge in [-0.25, -0.2) is 0 Å². The summed E-state index contributed by atoms with van der Waals surface area (Å²) in [5.41, 5.74) is 7.96. The van der Waals surface area contributed by atoms with Gasteiger partial charge in [-0.1, -0.05) is 18.2 Å². The van der Waals surface area contributed by atoms with Gasteiger partial charge in [-0.3, -0.25) is 4.79 Å². The van der Waals surface area contributed by atoms with Crippen LogP contribution in [-0.2, 0) is 4.79 Å². The number of aromatic nitrogens is 1. The Balaban J connectivity index is 2.25. The Bertz CT molecular complexity index is 504. The molecule has 4 N–H and O–H groups in total. The zero-order valence-corrected chi connectivity index (χ0v) is 8.81. The standard InChI is InChI=1S/C12H14N2O2/c13-10(4-5-11(15)16)9-3-1-2-8-6-7-14-12(8)9/h1-3,6-7,10,14H,4-5,13H2,(H,15,16). The van der Waals surface area contributed by atoms with E-state index in [4.69, 9.17) is 10.8 Å². The Labute approximate surface area is 93.1 Å². The van der Waals surface area contributed by atoms with Crippen LogP contribution in [-0.4, -0.2) is 16.1 Å². The first kappa shape index (κ1) is 10.7. The number of nitrogens with one attached hydrogen (secondary N) is 1. The molecule has 0 amide bonds. The first-order chi connectivity index (χ1) is 7.68. The van der Waals surface area contributed by atoms with Gasteiger partial charge in [-0.2, -0.15) is 0 Å². The zero-order valence-electron chi connectivity index (χ0n) is 8.81. The molecule has 1 heterocycles. The SMILES string of the molecule is NC(CCC(=O)O)c1cccc2cc[nH]c12. The van der Waals surface area contributed by atoms with Crippen molar-refractivity contribution in [3.05, 3.63) is 36.0 Å². The lowest BCUT2D eigenvalue weighted by Gasteiger charge is -2.11. The lowest BCUT2D eigenvalue weighted by atomic mass is 10.0. The molecule has 2 rings (SSSR count). The second-order valence-electron chi connectivity index (χ2n) is 3.83. The highest BCUT2D eigenvalue weighted by molar-refractivity contribution is 5.83. The lowest BCUT2D eigenvalue weighted by molar-refractivity contribution is -0.137. The van der Waals surface area contributed by atoms with Crippen LogP contribution in [0.5, 0.6) is 0 Å². The van der Waals surface area contributed by atoms with Gasteiger partial charge in [0.1, 0.15) is 0 Å². The molecule has 1 atom stereocenters. The van der Waals surface area contributed by atoms with Gasteiger partial charge in [-0.15, -0.1) is 0 Å². The van der Waals surface area contributed by atoms with Crippen molar-refractivity contribution in [2.45, 2.75) is 18.9 Å². The van der Waals surface area contributed by atoms with E-state index in [9.17, 15) is 4.79 Å². The molecule has 4 nitrogen and oxygen atoms in total. The molecule has 1 aromatic carbocycles. The van der Waals surface area contributed by atoms with Gasteiger partial charge in [0.2, 0.25) is 0 Å². The molecular formula is C12H14N2O2. The van der Waals surface area contributed by atoms with E-state index < -0.39 is 5.97 Å². The number of aromatic amines is 1. The number of para-hydroxylation sites is 1. The van der Waals surface area contributed by atoms with Crippen LogP contribution in [0.4, 0.5) is 0 Å². The Kier molecular flexibility index (Phi) is 2.92. The van der Waals surface area contributed by atoms with Gasteiger partial charge >= 0.3 is 5.97 Å². The fraction of sp³-hybridized carbons (Fsp3) is 0.250. The average Bonchev–Trinajstić information content (AvgIpc) is 2.73. The fourth-order valence-corrected chi connectivity index (χ4v) is 1.85. The van der Waals surface area contributed by atoms with Crippen LogP contribution in [0, 0.1) is 0 Å². The van der Waals surface area contributed by atoms with Crippen LogP contribution in [0.2, 0.25) is 0 Å². The number of benzene rings is 1. The summed E-state index contributed by atoms with van der Waals surface area (Å²) in [5, 5.41) is 9.72. The van der Waals surface area contributed by atoms with E-state index in [-0.39, 0.29) is 12.5 Å². The quantitative estimate of drug-likeness (QED) is 0.734. The van der Waals surface area contributed by atoms with Crippen molar-refractivity contribution in [2.75, 3.05) is 0 Å². The van der Waals surface area contributed by atoms with Crippen molar-refractivity contribution in [1.29, 1.82) is 0 Å². The van der Waals surface area contributed by atoms with E-state index in [0.717, 1.165) is 16.5 Å². The molecule has 4 heteroatoms. The van der Waals surface area contributed by atoms with Gasteiger partial charge in [0, 0.05) is 18.7 Å². The van der Waals surface area contributed by atoms with Crippen molar-refractivity contribution >= 4 is 16.9 Å². The van der Waals surface area contributed by atoms with Gasteiger partial charge in [-0.05, 0) is 23.4 Å². The minimum absolute atomic E-state index is 0.0955. The summed E-state index contributed by atoms with van der Waals surface area (Å²) in [4.78, 5) is 13.6. The molecule has 0 bridgehead atoms. The second kappa shape index (κ2) is 4.37. The summed E-state index contributed by atoms with van der Waals surface area (Å²) in [5.74, 6) is -0.811. The third kappa shape index (κ3) is 2.06. The predicted octanol–water partition coefficient (Wildman–Crippen LogP) is 2.03. The maximum atomic E-state index is 10.5. The van der Waals surface area contributed by atoms with Crippen LogP contribution in [0.25, 0.3) is 10.9 Å². The number of rotatable bonds is 4. The van der Waals surface area contributed by atoms with E-state index in [1.165, 1.54) is 0 Å². The molecule has 0 saturated carbocycles. The van der Waals surface area contributed by atoms with Crippen molar-refractivity contribution in [3.63, 3.8) is 0 Å². The number of hydrogen-bond acceptors (Lipinski definition) is 2. The van der Waals surface area contributed by atoms with Crippen LogP contribution < -0.4 is 5.73 Å². The van der Waals surface area contributed by atoms with Crippen LogP contribution in [0.1, 0.15) is 24.4 Å². The molecule has 0 aliphatic rings. The normalized spacial score (nSPS) is 12.8. The van der Waals surface area contributed by atoms with Gasteiger partial charge in [0.25, 0.3) is 0 Å². The van der Waals surface area contributed by atoms with Crippen molar-refractivity contribution in [3.8, 4) is 0 Å². The summed E-state index contributed by atoms with van der Waals surface area (Å²) in [6.07, 6.45) is 2.41. The highest BCUT2D eigenvalue weighted by Crippen LogP contribution is 2.24. The first-order valence-corrected chi connectivity index (χ1v) is 5.22. The second-order valence-corrected chi connectivity index (χ2v) is 3.83. The number of aliphatic carboxylic acids is 1. The largest absolute Gasteiger partial charge is 0.481 e. The highest BCUT2D eigenvalue weighted by atomic mass is 16.4. The monoisotopic (exact) mass is 218 g/mol. The van der Waals surface area contributed by atoms with Crippen molar-refractivity contribution in [1.82, 2.24) is 4.98 Å². The summed E-state index contributed by atoms with van der Waals surface area (Å²) in [6.45, 7) is 0. The maximum Gasteiger partial charge on any atom is 0.303 e. The minimum Gasteiger partial charge on any atom is -0.481 e. The number of fused-ring (bicyclic) bond motifs is 1. The van der Waals surface area contributed by atoms with Gasteiger partial charge in [0.05, 0.1) is 5.52 Å². The van der Waals surface area contributed by atoms with E-state index in [2.05, 4.69) is 4.98 Å². The van der Waals surface area contributed by atoms with Crippen LogP contribution in [0.3, 0.4) is 0 Å².